The second kappa shape index (κ2) is 9.04. The molecule has 1 heterocycles. The summed E-state index contributed by atoms with van der Waals surface area (Å²) in [6, 6.07) is 15.6. The van der Waals surface area contributed by atoms with E-state index in [9.17, 15) is 9.59 Å². The van der Waals surface area contributed by atoms with Gasteiger partial charge < -0.3 is 15.5 Å². The second-order valence-electron chi connectivity index (χ2n) is 6.93. The highest BCUT2D eigenvalue weighted by atomic mass is 79.9. The number of rotatable bonds is 4. The highest BCUT2D eigenvalue weighted by molar-refractivity contribution is 9.10. The predicted molar refractivity (Wildman–Crippen MR) is 110 cm³/mol. The fourth-order valence-corrected chi connectivity index (χ4v) is 3.58. The van der Waals surface area contributed by atoms with E-state index in [1.54, 1.807) is 6.07 Å². The highest BCUT2D eigenvalue weighted by Gasteiger charge is 2.29. The topological polar surface area (TPSA) is 61.4 Å². The van der Waals surface area contributed by atoms with Crippen LogP contribution in [0.4, 0.5) is 10.5 Å². The molecule has 1 saturated heterocycles. The summed E-state index contributed by atoms with van der Waals surface area (Å²) in [6.07, 6.45) is 1.99. The van der Waals surface area contributed by atoms with Crippen LogP contribution in [0.2, 0.25) is 0 Å². The summed E-state index contributed by atoms with van der Waals surface area (Å²) in [6.45, 7) is 3.67. The molecule has 2 N–H and O–H groups in total. The lowest BCUT2D eigenvalue weighted by molar-refractivity contribution is -0.134. The minimum absolute atomic E-state index is 0.0598. The zero-order chi connectivity index (χ0) is 19.2. The Balaban J connectivity index is 1.75. The van der Waals surface area contributed by atoms with E-state index >= 15 is 0 Å². The van der Waals surface area contributed by atoms with Crippen molar-refractivity contribution in [1.29, 1.82) is 0 Å². The summed E-state index contributed by atoms with van der Waals surface area (Å²) in [4.78, 5) is 27.6. The van der Waals surface area contributed by atoms with Crippen molar-refractivity contribution in [2.75, 3.05) is 18.4 Å². The zero-order valence-electron chi connectivity index (χ0n) is 15.3. The third kappa shape index (κ3) is 5.10. The molecule has 0 aliphatic carbocycles. The Hall–Kier alpha value is -2.34. The largest absolute Gasteiger partial charge is 0.341 e. The quantitative estimate of drug-likeness (QED) is 0.747. The molecule has 1 aliphatic rings. The first-order valence-corrected chi connectivity index (χ1v) is 9.99. The lowest BCUT2D eigenvalue weighted by Crippen LogP contribution is -2.46. The summed E-state index contributed by atoms with van der Waals surface area (Å²) in [7, 11) is 0. The molecule has 5 nitrogen and oxygen atoms in total. The molecule has 1 atom stereocenters. The number of nitrogens with one attached hydrogen (secondary N) is 2. The van der Waals surface area contributed by atoms with E-state index in [1.807, 2.05) is 53.4 Å². The molecule has 142 valence electrons. The Morgan fingerprint density at radius 1 is 1.04 bits per heavy atom. The van der Waals surface area contributed by atoms with E-state index in [2.05, 4.69) is 33.5 Å². The minimum Gasteiger partial charge on any atom is -0.341 e. The first-order valence-electron chi connectivity index (χ1n) is 9.20. The molecule has 1 fully saturated rings. The van der Waals surface area contributed by atoms with Crippen molar-refractivity contribution >= 4 is 33.6 Å². The maximum absolute atomic E-state index is 13.1. The van der Waals surface area contributed by atoms with Crippen molar-refractivity contribution in [3.05, 3.63) is 64.6 Å². The molecule has 3 amide bonds. The maximum Gasteiger partial charge on any atom is 0.320 e. The first kappa shape index (κ1) is 19.4. The third-order valence-corrected chi connectivity index (χ3v) is 5.56. The zero-order valence-corrected chi connectivity index (χ0v) is 16.9. The molecule has 3 rings (SSSR count). The molecule has 1 unspecified atom stereocenters. The molecule has 0 saturated carbocycles. The van der Waals surface area contributed by atoms with E-state index in [4.69, 9.17) is 0 Å². The van der Waals surface area contributed by atoms with Gasteiger partial charge >= 0.3 is 6.03 Å². The van der Waals surface area contributed by atoms with Gasteiger partial charge in [0.1, 0.15) is 6.04 Å². The van der Waals surface area contributed by atoms with Crippen molar-refractivity contribution < 1.29 is 9.59 Å². The Morgan fingerprint density at radius 3 is 2.33 bits per heavy atom. The lowest BCUT2D eigenvalue weighted by atomic mass is 9.97. The summed E-state index contributed by atoms with van der Waals surface area (Å²) in [5, 5.41) is 5.66. The summed E-state index contributed by atoms with van der Waals surface area (Å²) in [5.74, 6) is 0.575. The molecule has 2 aromatic rings. The molecule has 6 heteroatoms. The van der Waals surface area contributed by atoms with Gasteiger partial charge in [0.2, 0.25) is 5.91 Å². The Morgan fingerprint density at radius 2 is 1.67 bits per heavy atom. The lowest BCUT2D eigenvalue weighted by Gasteiger charge is -2.33. The molecule has 0 aromatic heterocycles. The normalized spacial score (nSPS) is 15.9. The molecule has 1 aliphatic heterocycles. The average Bonchev–Trinajstić information content (AvgIpc) is 2.69. The number of benzene rings is 2. The maximum atomic E-state index is 13.1. The number of urea groups is 1. The van der Waals surface area contributed by atoms with Crippen LogP contribution in [0.3, 0.4) is 0 Å². The number of amides is 3. The van der Waals surface area contributed by atoms with Crippen LogP contribution < -0.4 is 10.6 Å². The van der Waals surface area contributed by atoms with E-state index in [0.717, 1.165) is 36.0 Å². The standard InChI is InChI=1S/C21H24BrN3O2/c1-15-11-13-25(14-12-15)20(26)19(16-7-3-2-4-8-16)24-21(27)23-18-10-6-5-9-17(18)22/h2-10,15,19H,11-14H2,1H3,(H2,23,24,27). The van der Waals surface area contributed by atoms with Crippen LogP contribution in [0, 0.1) is 5.92 Å². The molecule has 0 radical (unpaired) electrons. The number of para-hydroxylation sites is 1. The van der Waals surface area contributed by atoms with Crippen LogP contribution in [-0.2, 0) is 4.79 Å². The smallest absolute Gasteiger partial charge is 0.320 e. The molecule has 0 bridgehead atoms. The monoisotopic (exact) mass is 429 g/mol. The van der Waals surface area contributed by atoms with Crippen molar-refractivity contribution in [3.8, 4) is 0 Å². The number of anilines is 1. The van der Waals surface area contributed by atoms with Gasteiger partial charge in [-0.05, 0) is 52.4 Å². The van der Waals surface area contributed by atoms with Crippen LogP contribution in [0.5, 0.6) is 0 Å². The van der Waals surface area contributed by atoms with Gasteiger partial charge in [0, 0.05) is 17.6 Å². The number of piperidine rings is 1. The predicted octanol–water partition coefficient (Wildman–Crippen LogP) is 4.57. The van der Waals surface area contributed by atoms with Crippen molar-refractivity contribution in [2.24, 2.45) is 5.92 Å². The van der Waals surface area contributed by atoms with Gasteiger partial charge in [-0.2, -0.15) is 0 Å². The molecule has 0 spiro atoms. The van der Waals surface area contributed by atoms with Gasteiger partial charge in [0.05, 0.1) is 5.69 Å². The van der Waals surface area contributed by atoms with Gasteiger partial charge in [-0.25, -0.2) is 4.79 Å². The van der Waals surface area contributed by atoms with Crippen molar-refractivity contribution in [1.82, 2.24) is 10.2 Å². The number of hydrogen-bond acceptors (Lipinski definition) is 2. The Kier molecular flexibility index (Phi) is 6.50. The van der Waals surface area contributed by atoms with Crippen molar-refractivity contribution in [2.45, 2.75) is 25.8 Å². The van der Waals surface area contributed by atoms with Crippen LogP contribution in [0.25, 0.3) is 0 Å². The van der Waals surface area contributed by atoms with E-state index in [1.165, 1.54) is 0 Å². The van der Waals surface area contributed by atoms with Gasteiger partial charge in [-0.3, -0.25) is 4.79 Å². The number of carbonyl (C=O) groups is 2. The van der Waals surface area contributed by atoms with Crippen LogP contribution in [0.1, 0.15) is 31.4 Å². The van der Waals surface area contributed by atoms with Crippen LogP contribution in [-0.4, -0.2) is 29.9 Å². The number of halogens is 1. The fraction of sp³-hybridized carbons (Fsp3) is 0.333. The van der Waals surface area contributed by atoms with E-state index in [0.29, 0.717) is 11.6 Å². The van der Waals surface area contributed by atoms with Crippen LogP contribution in [0.15, 0.2) is 59.1 Å². The second-order valence-corrected chi connectivity index (χ2v) is 7.78. The first-order chi connectivity index (χ1) is 13.0. The molecular formula is C21H24BrN3O2. The summed E-state index contributed by atoms with van der Waals surface area (Å²) >= 11 is 3.42. The number of likely N-dealkylation sites (tertiary alicyclic amines) is 1. The van der Waals surface area contributed by atoms with Gasteiger partial charge in [-0.15, -0.1) is 0 Å². The van der Waals surface area contributed by atoms with Gasteiger partial charge in [0.25, 0.3) is 0 Å². The molecule has 2 aromatic carbocycles. The SMILES string of the molecule is CC1CCN(C(=O)C(NC(=O)Nc2ccccc2Br)c2ccccc2)CC1. The Labute approximate surface area is 168 Å². The number of hydrogen-bond donors (Lipinski definition) is 2. The summed E-state index contributed by atoms with van der Waals surface area (Å²) < 4.78 is 0.785. The van der Waals surface area contributed by atoms with E-state index < -0.39 is 12.1 Å². The van der Waals surface area contributed by atoms with E-state index in [-0.39, 0.29) is 5.91 Å². The molecular weight excluding hydrogens is 406 g/mol. The number of carbonyl (C=O) groups excluding carboxylic acids is 2. The van der Waals surface area contributed by atoms with Gasteiger partial charge in [0.15, 0.2) is 0 Å². The highest BCUT2D eigenvalue weighted by Crippen LogP contribution is 2.23. The minimum atomic E-state index is -0.706. The van der Waals surface area contributed by atoms with Gasteiger partial charge in [-0.1, -0.05) is 49.4 Å². The van der Waals surface area contributed by atoms with Crippen LogP contribution >= 0.6 is 15.9 Å². The average molecular weight is 430 g/mol. The third-order valence-electron chi connectivity index (χ3n) is 4.87. The van der Waals surface area contributed by atoms with Crippen molar-refractivity contribution in [3.63, 3.8) is 0 Å². The Bertz CT molecular complexity index is 789. The number of nitrogens with zero attached hydrogens (tertiary/aromatic N) is 1. The summed E-state index contributed by atoms with van der Waals surface area (Å²) in [5.41, 5.74) is 1.43. The molecule has 27 heavy (non-hydrogen) atoms. The fourth-order valence-electron chi connectivity index (χ4n) is 3.20.